The number of esters is 1. The maximum absolute atomic E-state index is 14.0. The minimum Gasteiger partial charge on any atom is -0.459 e. The highest BCUT2D eigenvalue weighted by Gasteiger charge is 2.53. The lowest BCUT2D eigenvalue weighted by atomic mass is 9.73. The van der Waals surface area contributed by atoms with Gasteiger partial charge in [-0.25, -0.2) is 4.79 Å². The summed E-state index contributed by atoms with van der Waals surface area (Å²) >= 11 is 0. The molecule has 2 fully saturated rings. The zero-order valence-electron chi connectivity index (χ0n) is 31.5. The molecule has 2 heterocycles. The molecule has 1 amide bonds. The second-order valence-electron chi connectivity index (χ2n) is 14.6. The topological polar surface area (TPSA) is 162 Å². The molecule has 0 aromatic rings. The number of Topliss-reactive ketones (excluding diaryl/α,β-unsaturated/α-hetero) is 1. The summed E-state index contributed by atoms with van der Waals surface area (Å²) in [5.74, 6) is -4.09. The molecule has 0 bridgehead atoms. The zero-order chi connectivity index (χ0) is 36.7. The molecular weight excluding hydrogens is 624 g/mol. The number of carbonyl (C=O) groups is 3. The third-order valence-corrected chi connectivity index (χ3v) is 10.5. The van der Waals surface area contributed by atoms with Crippen LogP contribution in [0.25, 0.3) is 0 Å². The van der Waals surface area contributed by atoms with E-state index in [-0.39, 0.29) is 30.8 Å². The van der Waals surface area contributed by atoms with Crippen molar-refractivity contribution in [1.82, 2.24) is 10.2 Å². The molecule has 2 saturated heterocycles. The van der Waals surface area contributed by atoms with Crippen molar-refractivity contribution >= 4 is 17.8 Å². The predicted molar refractivity (Wildman–Crippen MR) is 179 cm³/mol. The molecule has 2 aliphatic heterocycles. The fourth-order valence-electron chi connectivity index (χ4n) is 7.60. The Labute approximate surface area is 287 Å². The number of alkyl carbamates (subject to hydrolysis) is 1. The number of ketones is 1. The number of likely N-dealkylation sites (N-methyl/N-ethyl adjacent to an activating group) is 1. The summed E-state index contributed by atoms with van der Waals surface area (Å²) in [5, 5.41) is 25.9. The Kier molecular flexibility index (Phi) is 15.7. The number of rotatable bonds is 9. The first kappa shape index (κ1) is 42.3. The van der Waals surface area contributed by atoms with Gasteiger partial charge in [-0.2, -0.15) is 0 Å². The van der Waals surface area contributed by atoms with Gasteiger partial charge >= 0.3 is 12.1 Å². The van der Waals surface area contributed by atoms with E-state index in [1.54, 1.807) is 41.5 Å². The molecular formula is C35H64N2O11. The summed E-state index contributed by atoms with van der Waals surface area (Å²) in [6.07, 6.45) is -5.61. The maximum Gasteiger partial charge on any atom is 0.407 e. The Bertz CT molecular complexity index is 1060. The predicted octanol–water partition coefficient (Wildman–Crippen LogP) is 3.31. The number of methoxy groups -OCH3 is 2. The van der Waals surface area contributed by atoms with Gasteiger partial charge in [0.15, 0.2) is 6.29 Å². The molecule has 2 rings (SSSR count). The Balaban J connectivity index is 2.78. The quantitative estimate of drug-likeness (QED) is 0.304. The van der Waals surface area contributed by atoms with E-state index in [2.05, 4.69) is 5.32 Å². The van der Waals surface area contributed by atoms with E-state index in [0.717, 1.165) is 0 Å². The van der Waals surface area contributed by atoms with Gasteiger partial charge in [0.1, 0.15) is 29.7 Å². The molecule has 48 heavy (non-hydrogen) atoms. The van der Waals surface area contributed by atoms with Crippen LogP contribution in [0.5, 0.6) is 0 Å². The van der Waals surface area contributed by atoms with Gasteiger partial charge in [-0.15, -0.1) is 0 Å². The van der Waals surface area contributed by atoms with Gasteiger partial charge in [-0.3, -0.25) is 9.59 Å². The molecule has 0 radical (unpaired) electrons. The van der Waals surface area contributed by atoms with Crippen LogP contribution in [0.3, 0.4) is 0 Å². The van der Waals surface area contributed by atoms with Crippen LogP contribution in [0.15, 0.2) is 0 Å². The van der Waals surface area contributed by atoms with Crippen molar-refractivity contribution in [2.45, 2.75) is 148 Å². The summed E-state index contributed by atoms with van der Waals surface area (Å²) in [6.45, 7) is 16.1. The van der Waals surface area contributed by atoms with Crippen molar-refractivity contribution in [3.8, 4) is 0 Å². The van der Waals surface area contributed by atoms with Crippen molar-refractivity contribution in [3.05, 3.63) is 0 Å². The van der Waals surface area contributed by atoms with Gasteiger partial charge in [0.2, 0.25) is 0 Å². The van der Waals surface area contributed by atoms with E-state index in [4.69, 9.17) is 28.4 Å². The average Bonchev–Trinajstić information content (AvgIpc) is 3.03. The molecule has 0 spiro atoms. The molecule has 14 atom stereocenters. The standard InChI is InChI=1S/C35H64N2O11/c1-14-16-36-33(41)47-28-22(6)29(48-32-27(39)24(37(10)11)17-20(4)45-32)34(8,44-13)18-19(3)26(38)21(5)30(43-12)35(9,42)25(15-2)46-31(40)23(28)7/h19-25,27-30,32,39,42H,14-18H2,1-13H3,(H,36,41)/t19-,20-,21-,22+,23-,24+,25-,27-,28+,29-,30-,32+,34-,35-/m1/s1. The van der Waals surface area contributed by atoms with Crippen molar-refractivity contribution in [1.29, 1.82) is 0 Å². The fourth-order valence-corrected chi connectivity index (χ4v) is 7.60. The van der Waals surface area contributed by atoms with Crippen LogP contribution in [0.2, 0.25) is 0 Å². The fraction of sp³-hybridized carbons (Fsp3) is 0.914. The Hall–Kier alpha value is -1.87. The molecule has 280 valence electrons. The number of nitrogens with one attached hydrogen (secondary N) is 1. The number of hydrogen-bond donors (Lipinski definition) is 3. The number of nitrogens with zero attached hydrogens (tertiary/aromatic N) is 1. The van der Waals surface area contributed by atoms with Crippen molar-refractivity contribution in [2.24, 2.45) is 23.7 Å². The van der Waals surface area contributed by atoms with E-state index < -0.39 is 83.7 Å². The second kappa shape index (κ2) is 17.9. The lowest BCUT2D eigenvalue weighted by Crippen LogP contribution is -2.61. The second-order valence-corrected chi connectivity index (χ2v) is 14.6. The summed E-state index contributed by atoms with van der Waals surface area (Å²) in [5.41, 5.74) is -2.96. The van der Waals surface area contributed by atoms with Gasteiger partial charge in [0.25, 0.3) is 0 Å². The van der Waals surface area contributed by atoms with Crippen LogP contribution in [-0.2, 0) is 38.0 Å². The van der Waals surface area contributed by atoms with Crippen LogP contribution < -0.4 is 5.32 Å². The highest BCUT2D eigenvalue weighted by atomic mass is 16.7. The van der Waals surface area contributed by atoms with E-state index in [0.29, 0.717) is 19.4 Å². The lowest BCUT2D eigenvalue weighted by molar-refractivity contribution is -0.301. The summed E-state index contributed by atoms with van der Waals surface area (Å²) in [4.78, 5) is 43.0. The molecule has 13 heteroatoms. The normalized spacial score (nSPS) is 42.2. The number of ether oxygens (including phenoxy) is 6. The van der Waals surface area contributed by atoms with Gasteiger partial charge in [0, 0.05) is 44.6 Å². The Morgan fingerprint density at radius 1 is 1.04 bits per heavy atom. The first-order valence-corrected chi connectivity index (χ1v) is 17.4. The van der Waals surface area contributed by atoms with Crippen LogP contribution in [0.1, 0.15) is 88.0 Å². The summed E-state index contributed by atoms with van der Waals surface area (Å²) in [6, 6.07) is -0.270. The number of aliphatic hydroxyl groups is 2. The minimum absolute atomic E-state index is 0.153. The molecule has 0 aromatic heterocycles. The van der Waals surface area contributed by atoms with Crippen LogP contribution in [-0.4, -0.2) is 128 Å². The van der Waals surface area contributed by atoms with Crippen LogP contribution in [0.4, 0.5) is 4.79 Å². The van der Waals surface area contributed by atoms with E-state index in [9.17, 15) is 24.6 Å². The maximum atomic E-state index is 14.0. The molecule has 0 unspecified atom stereocenters. The largest absolute Gasteiger partial charge is 0.459 e. The molecule has 13 nitrogen and oxygen atoms in total. The van der Waals surface area contributed by atoms with Gasteiger partial charge in [-0.1, -0.05) is 34.6 Å². The molecule has 0 aliphatic carbocycles. The van der Waals surface area contributed by atoms with E-state index in [1.807, 2.05) is 32.8 Å². The molecule has 2 aliphatic rings. The van der Waals surface area contributed by atoms with Crippen LogP contribution in [0, 0.1) is 23.7 Å². The monoisotopic (exact) mass is 688 g/mol. The number of carbonyl (C=O) groups excluding carboxylic acids is 3. The highest BCUT2D eigenvalue weighted by Crippen LogP contribution is 2.40. The Morgan fingerprint density at radius 3 is 2.19 bits per heavy atom. The van der Waals surface area contributed by atoms with Crippen molar-refractivity contribution in [3.63, 3.8) is 0 Å². The first-order chi connectivity index (χ1) is 22.3. The summed E-state index contributed by atoms with van der Waals surface area (Å²) < 4.78 is 36.7. The number of cyclic esters (lactones) is 1. The lowest BCUT2D eigenvalue weighted by Gasteiger charge is -2.48. The highest BCUT2D eigenvalue weighted by molar-refractivity contribution is 5.83. The third kappa shape index (κ3) is 9.67. The third-order valence-electron chi connectivity index (χ3n) is 10.5. The first-order valence-electron chi connectivity index (χ1n) is 17.4. The molecule has 3 N–H and O–H groups in total. The van der Waals surface area contributed by atoms with Crippen molar-refractivity contribution < 1.29 is 53.0 Å². The number of aliphatic hydroxyl groups excluding tert-OH is 1. The van der Waals surface area contributed by atoms with Gasteiger partial charge in [-0.05, 0) is 67.5 Å². The van der Waals surface area contributed by atoms with Gasteiger partial charge in [0.05, 0.1) is 29.8 Å². The Morgan fingerprint density at radius 2 is 1.67 bits per heavy atom. The molecule has 0 saturated carbocycles. The van der Waals surface area contributed by atoms with E-state index in [1.165, 1.54) is 21.1 Å². The van der Waals surface area contributed by atoms with E-state index >= 15 is 0 Å². The van der Waals surface area contributed by atoms with Crippen LogP contribution >= 0.6 is 0 Å². The smallest absolute Gasteiger partial charge is 0.407 e. The average molecular weight is 689 g/mol. The van der Waals surface area contributed by atoms with Crippen molar-refractivity contribution in [2.75, 3.05) is 34.9 Å². The minimum atomic E-state index is -1.73. The molecule has 0 aromatic carbocycles. The number of hydrogen-bond acceptors (Lipinski definition) is 12. The zero-order valence-corrected chi connectivity index (χ0v) is 31.5. The van der Waals surface area contributed by atoms with Gasteiger partial charge < -0.3 is 48.9 Å². The summed E-state index contributed by atoms with van der Waals surface area (Å²) in [7, 11) is 6.67. The number of amides is 1. The SMILES string of the molecule is CCCNC(=O)O[C@H]1[C@H](C)[C@@H](O[C@@H]2O[C@H](C)C[C@H](N(C)C)[C@H]2O)[C@](C)(OC)C[C@@H](C)C(=O)[C@@H](C)[C@@H](OC)[C@](C)(O)[C@@H](CC)OC(=O)[C@@H]1C.